The molecule has 4 rings (SSSR count). The van der Waals surface area contributed by atoms with E-state index in [1.807, 2.05) is 54.6 Å². The fourth-order valence-electron chi connectivity index (χ4n) is 5.78. The normalized spacial score (nSPS) is 20.4. The third-order valence-electron chi connectivity index (χ3n) is 7.45. The molecule has 2 saturated heterocycles. The van der Waals surface area contributed by atoms with Crippen molar-refractivity contribution in [2.45, 2.75) is 57.7 Å². The van der Waals surface area contributed by atoms with E-state index in [0.717, 1.165) is 55.6 Å². The molecule has 2 aromatic carbocycles. The van der Waals surface area contributed by atoms with Gasteiger partial charge in [-0.2, -0.15) is 4.31 Å². The maximum Gasteiger partial charge on any atom is 0.238 e. The van der Waals surface area contributed by atoms with Crippen LogP contribution in [0.2, 0.25) is 0 Å². The zero-order valence-corrected chi connectivity index (χ0v) is 21.4. The molecule has 184 valence electrons. The summed E-state index contributed by atoms with van der Waals surface area (Å²) in [6, 6.07) is 17.3. The minimum atomic E-state index is -3.41. The molecular weight excluding hydrogens is 446 g/mol. The Morgan fingerprint density at radius 2 is 1.65 bits per heavy atom. The van der Waals surface area contributed by atoms with Gasteiger partial charge in [0.1, 0.15) is 0 Å². The fourth-order valence-corrected chi connectivity index (χ4v) is 7.84. The molecule has 0 saturated carbocycles. The van der Waals surface area contributed by atoms with Crippen LogP contribution in [0.1, 0.15) is 51.2 Å². The van der Waals surface area contributed by atoms with Crippen molar-refractivity contribution in [1.29, 1.82) is 0 Å². The van der Waals surface area contributed by atoms with E-state index < -0.39 is 15.6 Å². The Bertz CT molecular complexity index is 1110. The zero-order chi connectivity index (χ0) is 24.4. The first-order valence-electron chi connectivity index (χ1n) is 12.3. The van der Waals surface area contributed by atoms with Crippen LogP contribution in [0.25, 0.3) is 0 Å². The van der Waals surface area contributed by atoms with Gasteiger partial charge in [-0.15, -0.1) is 0 Å². The highest BCUT2D eigenvalue weighted by molar-refractivity contribution is 7.88. The highest BCUT2D eigenvalue weighted by Crippen LogP contribution is 2.49. The molecule has 0 atom stereocenters. The average Bonchev–Trinajstić information content (AvgIpc) is 3.07. The van der Waals surface area contributed by atoms with Crippen molar-refractivity contribution in [3.05, 3.63) is 65.7 Å². The lowest BCUT2D eigenvalue weighted by molar-refractivity contribution is -0.117. The number of benzene rings is 2. The van der Waals surface area contributed by atoms with E-state index in [2.05, 4.69) is 31.0 Å². The molecule has 34 heavy (non-hydrogen) atoms. The number of para-hydroxylation sites is 1. The first kappa shape index (κ1) is 24.9. The molecule has 0 unspecified atom stereocenters. The molecule has 1 spiro atoms. The van der Waals surface area contributed by atoms with Gasteiger partial charge in [0, 0.05) is 17.8 Å². The second kappa shape index (κ2) is 9.80. The van der Waals surface area contributed by atoms with Crippen molar-refractivity contribution in [2.75, 3.05) is 31.5 Å². The molecule has 7 heteroatoms. The Kier molecular flexibility index (Phi) is 7.17. The number of amides is 1. The number of anilines is 1. The van der Waals surface area contributed by atoms with Crippen molar-refractivity contribution in [3.8, 4) is 0 Å². The monoisotopic (exact) mass is 483 g/mol. The van der Waals surface area contributed by atoms with Gasteiger partial charge in [-0.1, -0.05) is 55.5 Å². The topological polar surface area (TPSA) is 69.7 Å². The summed E-state index contributed by atoms with van der Waals surface area (Å²) in [5, 5.41) is 3.06. The first-order valence-corrected chi connectivity index (χ1v) is 13.9. The number of hydrogen-bond donors (Lipinski definition) is 1. The van der Waals surface area contributed by atoms with E-state index >= 15 is 0 Å². The molecule has 0 aromatic heterocycles. The van der Waals surface area contributed by atoms with E-state index in [1.165, 1.54) is 0 Å². The number of likely N-dealkylation sites (tertiary alicyclic amines) is 1. The molecule has 0 bridgehead atoms. The number of nitrogens with one attached hydrogen (secondary N) is 1. The van der Waals surface area contributed by atoms with E-state index in [4.69, 9.17) is 0 Å². The lowest BCUT2D eigenvalue weighted by Gasteiger charge is -2.39. The third-order valence-corrected chi connectivity index (χ3v) is 9.44. The zero-order valence-electron chi connectivity index (χ0n) is 20.6. The van der Waals surface area contributed by atoms with Crippen LogP contribution in [0.15, 0.2) is 54.6 Å². The predicted octanol–water partition coefficient (Wildman–Crippen LogP) is 4.28. The summed E-state index contributed by atoms with van der Waals surface area (Å²) in [7, 11) is -3.41. The summed E-state index contributed by atoms with van der Waals surface area (Å²) >= 11 is 0. The van der Waals surface area contributed by atoms with Crippen LogP contribution in [0, 0.1) is 5.41 Å². The van der Waals surface area contributed by atoms with Gasteiger partial charge in [-0.05, 0) is 75.2 Å². The lowest BCUT2D eigenvalue weighted by Crippen LogP contribution is -2.45. The SMILES string of the molecule is CCc1ccccc1NC(=O)CN1CCC2(CC1)CN(S(=O)(=O)Cc1ccccc1)C(C)(C)C2. The molecule has 0 radical (unpaired) electrons. The highest BCUT2D eigenvalue weighted by atomic mass is 32.2. The molecule has 2 aliphatic rings. The Labute approximate surface area is 204 Å². The Hall–Kier alpha value is -2.22. The smallest absolute Gasteiger partial charge is 0.238 e. The molecule has 2 heterocycles. The molecule has 2 aliphatic heterocycles. The molecule has 6 nitrogen and oxygen atoms in total. The van der Waals surface area contributed by atoms with Crippen LogP contribution < -0.4 is 5.32 Å². The standard InChI is InChI=1S/C27H37N3O3S/c1-4-23-12-8-9-13-24(23)28-25(31)18-29-16-14-27(15-17-29)20-26(2,3)30(21-27)34(32,33)19-22-10-6-5-7-11-22/h5-13H,4,14-21H2,1-3H3,(H,28,31). The van der Waals surface area contributed by atoms with Gasteiger partial charge in [0.2, 0.25) is 15.9 Å². The molecule has 1 N–H and O–H groups in total. The van der Waals surface area contributed by atoms with Gasteiger partial charge in [-0.3, -0.25) is 9.69 Å². The van der Waals surface area contributed by atoms with Crippen molar-refractivity contribution in [2.24, 2.45) is 5.41 Å². The number of piperidine rings is 1. The maximum absolute atomic E-state index is 13.3. The Balaban J connectivity index is 1.36. The minimum absolute atomic E-state index is 0.00988. The van der Waals surface area contributed by atoms with Crippen LogP contribution in [0.4, 0.5) is 5.69 Å². The summed E-state index contributed by atoms with van der Waals surface area (Å²) in [6.07, 6.45) is 3.55. The number of aryl methyl sites for hydroxylation is 1. The molecule has 2 fully saturated rings. The minimum Gasteiger partial charge on any atom is -0.325 e. The summed E-state index contributed by atoms with van der Waals surface area (Å²) in [6.45, 7) is 8.75. The summed E-state index contributed by atoms with van der Waals surface area (Å²) < 4.78 is 28.4. The number of sulfonamides is 1. The van der Waals surface area contributed by atoms with E-state index in [-0.39, 0.29) is 17.1 Å². The number of carbonyl (C=O) groups excluding carboxylic acids is 1. The summed E-state index contributed by atoms with van der Waals surface area (Å²) in [4.78, 5) is 14.9. The quantitative estimate of drug-likeness (QED) is 0.638. The van der Waals surface area contributed by atoms with Gasteiger partial charge < -0.3 is 5.32 Å². The average molecular weight is 484 g/mol. The van der Waals surface area contributed by atoms with E-state index in [1.54, 1.807) is 4.31 Å². The molecular formula is C27H37N3O3S. The number of rotatable bonds is 7. The highest BCUT2D eigenvalue weighted by Gasteiger charge is 2.53. The second-order valence-corrected chi connectivity index (χ2v) is 12.5. The third kappa shape index (κ3) is 5.53. The maximum atomic E-state index is 13.3. The van der Waals surface area contributed by atoms with Crippen LogP contribution in [0.5, 0.6) is 0 Å². The van der Waals surface area contributed by atoms with Crippen LogP contribution in [-0.2, 0) is 27.0 Å². The van der Waals surface area contributed by atoms with Gasteiger partial charge in [0.15, 0.2) is 0 Å². The first-order chi connectivity index (χ1) is 16.1. The summed E-state index contributed by atoms with van der Waals surface area (Å²) in [5.74, 6) is 0.0504. The Morgan fingerprint density at radius 3 is 2.32 bits per heavy atom. The van der Waals surface area contributed by atoms with Crippen molar-refractivity contribution in [3.63, 3.8) is 0 Å². The van der Waals surface area contributed by atoms with Gasteiger partial charge in [0.25, 0.3) is 0 Å². The van der Waals surface area contributed by atoms with Crippen molar-refractivity contribution < 1.29 is 13.2 Å². The number of carbonyl (C=O) groups is 1. The van der Waals surface area contributed by atoms with Crippen LogP contribution in [0.3, 0.4) is 0 Å². The Morgan fingerprint density at radius 1 is 1.00 bits per heavy atom. The summed E-state index contributed by atoms with van der Waals surface area (Å²) in [5.41, 5.74) is 2.43. The molecule has 2 aromatic rings. The van der Waals surface area contributed by atoms with E-state index in [0.29, 0.717) is 13.1 Å². The van der Waals surface area contributed by atoms with Gasteiger partial charge >= 0.3 is 0 Å². The fraction of sp³-hybridized carbons (Fsp3) is 0.519. The predicted molar refractivity (Wildman–Crippen MR) is 137 cm³/mol. The van der Waals surface area contributed by atoms with Gasteiger partial charge in [0.05, 0.1) is 12.3 Å². The van der Waals surface area contributed by atoms with Crippen LogP contribution >= 0.6 is 0 Å². The largest absolute Gasteiger partial charge is 0.325 e. The van der Waals surface area contributed by atoms with Crippen molar-refractivity contribution >= 4 is 21.6 Å². The van der Waals surface area contributed by atoms with Gasteiger partial charge in [-0.25, -0.2) is 8.42 Å². The van der Waals surface area contributed by atoms with Crippen LogP contribution in [-0.4, -0.2) is 55.2 Å². The number of hydrogen-bond acceptors (Lipinski definition) is 4. The second-order valence-electron chi connectivity index (χ2n) is 10.6. The van der Waals surface area contributed by atoms with E-state index in [9.17, 15) is 13.2 Å². The van der Waals surface area contributed by atoms with Crippen molar-refractivity contribution in [1.82, 2.24) is 9.21 Å². The lowest BCUT2D eigenvalue weighted by atomic mass is 9.74. The molecule has 1 amide bonds. The molecule has 0 aliphatic carbocycles. The number of nitrogens with zero attached hydrogens (tertiary/aromatic N) is 2.